The zero-order valence-corrected chi connectivity index (χ0v) is 8.73. The van der Waals surface area contributed by atoms with Gasteiger partial charge >= 0.3 is 36.9 Å². The van der Waals surface area contributed by atoms with Gasteiger partial charge < -0.3 is 9.79 Å². The second-order valence-corrected chi connectivity index (χ2v) is 2.08. The summed E-state index contributed by atoms with van der Waals surface area (Å²) in [7, 11) is -6.47. The SMILES string of the molecule is CCl.O=[P+]([O-])O[P+](=O)[O-].[Pd+2]. The van der Waals surface area contributed by atoms with Gasteiger partial charge in [-0.25, -0.2) is 0 Å². The minimum absolute atomic E-state index is 0. The average Bonchev–Trinajstić information content (AvgIpc) is 1.68. The van der Waals surface area contributed by atoms with E-state index in [1.807, 2.05) is 0 Å². The smallest absolute Gasteiger partial charge is 0.563 e. The van der Waals surface area contributed by atoms with E-state index in [0.717, 1.165) is 0 Å². The Hall–Kier alpha value is 1.03. The van der Waals surface area contributed by atoms with Crippen molar-refractivity contribution >= 4 is 28.1 Å². The van der Waals surface area contributed by atoms with Crippen molar-refractivity contribution in [1.29, 1.82) is 0 Å². The minimum atomic E-state index is -3.24. The van der Waals surface area contributed by atoms with E-state index >= 15 is 0 Å². The number of hydrogen-bond donors (Lipinski definition) is 0. The second kappa shape index (κ2) is 12.7. The molecule has 0 fully saturated rings. The molecule has 62 valence electrons. The van der Waals surface area contributed by atoms with Crippen molar-refractivity contribution in [3.63, 3.8) is 0 Å². The molecule has 0 aromatic heterocycles. The van der Waals surface area contributed by atoms with Crippen LogP contribution in [0.15, 0.2) is 0 Å². The van der Waals surface area contributed by atoms with Crippen LogP contribution in [0, 0.1) is 0 Å². The van der Waals surface area contributed by atoms with Gasteiger partial charge in [0.15, 0.2) is 0 Å². The van der Waals surface area contributed by atoms with Crippen LogP contribution in [0.1, 0.15) is 0 Å². The Morgan fingerprint density at radius 3 is 1.40 bits per heavy atom. The molecule has 0 radical (unpaired) electrons. The van der Waals surface area contributed by atoms with E-state index in [1.54, 1.807) is 0 Å². The summed E-state index contributed by atoms with van der Waals surface area (Å²) in [6.07, 6.45) is 1.47. The van der Waals surface area contributed by atoms with Crippen molar-refractivity contribution < 1.29 is 43.7 Å². The van der Waals surface area contributed by atoms with E-state index in [1.165, 1.54) is 6.38 Å². The Kier molecular flexibility index (Phi) is 21.8. The molecule has 0 N–H and O–H groups in total. The molecule has 0 aliphatic rings. The molecule has 0 rings (SSSR count). The topological polar surface area (TPSA) is 89.5 Å². The zero-order valence-electron chi connectivity index (χ0n) is 4.63. The number of hydrogen-bond acceptors (Lipinski definition) is 5. The van der Waals surface area contributed by atoms with E-state index in [2.05, 4.69) is 15.9 Å². The van der Waals surface area contributed by atoms with Crippen molar-refractivity contribution in [3.05, 3.63) is 0 Å². The molecular weight excluding hydrogens is 296 g/mol. The summed E-state index contributed by atoms with van der Waals surface area (Å²) in [6, 6.07) is 0. The average molecular weight is 299 g/mol. The van der Waals surface area contributed by atoms with Crippen molar-refractivity contribution in [1.82, 2.24) is 0 Å². The minimum Gasteiger partial charge on any atom is -0.563 e. The van der Waals surface area contributed by atoms with Crippen LogP contribution >= 0.6 is 28.1 Å². The molecule has 2 unspecified atom stereocenters. The van der Waals surface area contributed by atoms with E-state index in [9.17, 15) is 18.9 Å². The van der Waals surface area contributed by atoms with Gasteiger partial charge in [-0.15, -0.1) is 11.6 Å². The third-order valence-corrected chi connectivity index (χ3v) is 1.20. The maximum absolute atomic E-state index is 9.24. The molecule has 0 saturated heterocycles. The third kappa shape index (κ3) is 23.0. The van der Waals surface area contributed by atoms with Crippen molar-refractivity contribution in [2.75, 3.05) is 6.38 Å². The summed E-state index contributed by atoms with van der Waals surface area (Å²) < 4.78 is 21.6. The van der Waals surface area contributed by atoms with Crippen LogP contribution in [0.2, 0.25) is 0 Å². The summed E-state index contributed by atoms with van der Waals surface area (Å²) in [5.74, 6) is 0. The molecule has 5 nitrogen and oxygen atoms in total. The van der Waals surface area contributed by atoms with Crippen LogP contribution in [0.5, 0.6) is 0 Å². The first kappa shape index (κ1) is 17.2. The molecule has 0 amide bonds. The Morgan fingerprint density at radius 1 is 1.20 bits per heavy atom. The predicted octanol–water partition coefficient (Wildman–Crippen LogP) is -0.109. The van der Waals surface area contributed by atoms with E-state index in [-0.39, 0.29) is 20.4 Å². The molecule has 0 bridgehead atoms. The summed E-state index contributed by atoms with van der Waals surface area (Å²) in [4.78, 5) is 18.5. The van der Waals surface area contributed by atoms with Gasteiger partial charge in [-0.1, -0.05) is 0 Å². The van der Waals surface area contributed by atoms with Crippen LogP contribution in [0.25, 0.3) is 0 Å². The molecule has 0 heterocycles. The largest absolute Gasteiger partial charge is 2.00 e. The fraction of sp³-hybridized carbons (Fsp3) is 1.00. The molecule has 9 heteroatoms. The van der Waals surface area contributed by atoms with Crippen LogP contribution in [0.4, 0.5) is 0 Å². The molecular formula is CH3ClO5P2Pd+2. The van der Waals surface area contributed by atoms with Crippen LogP contribution in [-0.2, 0) is 33.9 Å². The number of rotatable bonds is 2. The summed E-state index contributed by atoms with van der Waals surface area (Å²) >= 11 is 4.64. The summed E-state index contributed by atoms with van der Waals surface area (Å²) in [5.41, 5.74) is 0. The Balaban J connectivity index is -0.000000149. The van der Waals surface area contributed by atoms with Gasteiger partial charge in [-0.05, 0) is 9.13 Å². The van der Waals surface area contributed by atoms with Gasteiger partial charge in [0.25, 0.3) is 0 Å². The molecule has 0 spiro atoms. The normalized spacial score (nSPS) is 10.0. The van der Waals surface area contributed by atoms with Gasteiger partial charge in [0, 0.05) is 6.38 Å². The first-order chi connectivity index (χ1) is 4.13. The van der Waals surface area contributed by atoms with Crippen molar-refractivity contribution in [2.24, 2.45) is 0 Å². The molecule has 2 atom stereocenters. The van der Waals surface area contributed by atoms with Gasteiger partial charge in [0.1, 0.15) is 4.31 Å². The molecule has 0 aromatic rings. The van der Waals surface area contributed by atoms with Gasteiger partial charge in [0.2, 0.25) is 0 Å². The molecule has 0 aliphatic heterocycles. The predicted molar refractivity (Wildman–Crippen MR) is 28.1 cm³/mol. The first-order valence-corrected chi connectivity index (χ1v) is 4.42. The number of alkyl halides is 1. The standard InChI is InChI=1S/CH3Cl.O5P2.Pd/c1-2;1-6(2)5-7(3)4;/h1H3;;/q;;+2. The zero-order chi connectivity index (χ0) is 7.86. The Bertz CT molecular complexity index is 95.8. The van der Waals surface area contributed by atoms with Crippen LogP contribution < -0.4 is 9.79 Å². The summed E-state index contributed by atoms with van der Waals surface area (Å²) in [6.45, 7) is 0. The fourth-order valence-electron chi connectivity index (χ4n) is 0.0544. The van der Waals surface area contributed by atoms with Gasteiger partial charge in [-0.3, -0.25) is 0 Å². The maximum Gasteiger partial charge on any atom is 2.00 e. The fourth-order valence-corrected chi connectivity index (χ4v) is 0.490. The molecule has 0 saturated carbocycles. The summed E-state index contributed by atoms with van der Waals surface area (Å²) in [5, 5.41) is 0. The van der Waals surface area contributed by atoms with E-state index < -0.39 is 16.5 Å². The monoisotopic (exact) mass is 298 g/mol. The van der Waals surface area contributed by atoms with E-state index in [0.29, 0.717) is 0 Å². The van der Waals surface area contributed by atoms with Crippen molar-refractivity contribution in [2.45, 2.75) is 0 Å². The quantitative estimate of drug-likeness (QED) is 0.403. The maximum atomic E-state index is 9.24. The van der Waals surface area contributed by atoms with Crippen LogP contribution in [-0.4, -0.2) is 6.38 Å². The second-order valence-electron chi connectivity index (χ2n) is 0.529. The molecule has 0 aromatic carbocycles. The molecule has 10 heavy (non-hydrogen) atoms. The number of halogens is 1. The molecule has 0 aliphatic carbocycles. The van der Waals surface area contributed by atoms with Gasteiger partial charge in [-0.2, -0.15) is 0 Å². The van der Waals surface area contributed by atoms with E-state index in [4.69, 9.17) is 0 Å². The Morgan fingerprint density at radius 2 is 1.40 bits per heavy atom. The first-order valence-electron chi connectivity index (χ1n) is 1.47. The third-order valence-electron chi connectivity index (χ3n) is 0.133. The van der Waals surface area contributed by atoms with Gasteiger partial charge in [0.05, 0.1) is 0 Å². The Labute approximate surface area is 78.3 Å². The van der Waals surface area contributed by atoms with Crippen molar-refractivity contribution in [3.8, 4) is 0 Å². The van der Waals surface area contributed by atoms with Crippen LogP contribution in [0.3, 0.4) is 0 Å².